The quantitative estimate of drug-likeness (QED) is 0.682. The molecule has 0 unspecified atom stereocenters. The topological polar surface area (TPSA) is 105 Å². The SMILES string of the molecule is Cc1nc(NCc2ccccn2)c(C#N)c(C)c1[N+](=O)[O-]. The molecule has 2 aromatic rings. The van der Waals surface area contributed by atoms with Gasteiger partial charge in [0.2, 0.25) is 0 Å². The number of rotatable bonds is 4. The molecule has 7 heteroatoms. The Hall–Kier alpha value is -3.01. The normalized spacial score (nSPS) is 9.95. The van der Waals surface area contributed by atoms with Crippen molar-refractivity contribution in [2.45, 2.75) is 20.4 Å². The first-order valence-electron chi connectivity index (χ1n) is 6.24. The van der Waals surface area contributed by atoms with Crippen molar-refractivity contribution in [2.75, 3.05) is 5.32 Å². The Morgan fingerprint density at radius 2 is 2.19 bits per heavy atom. The molecule has 0 bridgehead atoms. The fraction of sp³-hybridized carbons (Fsp3) is 0.214. The monoisotopic (exact) mass is 283 g/mol. The molecule has 106 valence electrons. The molecule has 7 nitrogen and oxygen atoms in total. The van der Waals surface area contributed by atoms with Crippen LogP contribution in [-0.4, -0.2) is 14.9 Å². The standard InChI is InChI=1S/C14H13N5O2/c1-9-12(7-15)14(18-10(2)13(9)19(20)21)17-8-11-5-3-4-6-16-11/h3-6H,8H2,1-2H3,(H,17,18). The van der Waals surface area contributed by atoms with Crippen molar-refractivity contribution < 1.29 is 4.92 Å². The van der Waals surface area contributed by atoms with Gasteiger partial charge in [0.25, 0.3) is 5.69 Å². The van der Waals surface area contributed by atoms with Gasteiger partial charge in [-0.05, 0) is 26.0 Å². The number of hydrogen-bond donors (Lipinski definition) is 1. The first-order valence-corrected chi connectivity index (χ1v) is 6.24. The van der Waals surface area contributed by atoms with Gasteiger partial charge in [-0.15, -0.1) is 0 Å². The number of pyridine rings is 2. The second-order valence-corrected chi connectivity index (χ2v) is 4.44. The Labute approximate surface area is 121 Å². The number of nitro groups is 1. The van der Waals surface area contributed by atoms with Crippen LogP contribution in [0.25, 0.3) is 0 Å². The summed E-state index contributed by atoms with van der Waals surface area (Å²) in [5.74, 6) is 0.337. The molecule has 21 heavy (non-hydrogen) atoms. The van der Waals surface area contributed by atoms with Crippen molar-refractivity contribution in [2.24, 2.45) is 0 Å². The van der Waals surface area contributed by atoms with Crippen LogP contribution in [0.5, 0.6) is 0 Å². The van der Waals surface area contributed by atoms with Gasteiger partial charge in [0.1, 0.15) is 23.1 Å². The summed E-state index contributed by atoms with van der Waals surface area (Å²) in [5.41, 5.74) is 1.45. The third-order valence-corrected chi connectivity index (χ3v) is 3.05. The third kappa shape index (κ3) is 2.95. The van der Waals surface area contributed by atoms with E-state index in [9.17, 15) is 15.4 Å². The summed E-state index contributed by atoms with van der Waals surface area (Å²) < 4.78 is 0. The average molecular weight is 283 g/mol. The second kappa shape index (κ2) is 5.96. The predicted octanol–water partition coefficient (Wildman–Crippen LogP) is 2.49. The van der Waals surface area contributed by atoms with Crippen molar-refractivity contribution in [3.05, 3.63) is 57.0 Å². The Balaban J connectivity index is 2.36. The lowest BCUT2D eigenvalue weighted by molar-refractivity contribution is -0.386. The highest BCUT2D eigenvalue weighted by Crippen LogP contribution is 2.28. The summed E-state index contributed by atoms with van der Waals surface area (Å²) in [5, 5.41) is 23.3. The van der Waals surface area contributed by atoms with Gasteiger partial charge >= 0.3 is 0 Å². The lowest BCUT2D eigenvalue weighted by Gasteiger charge is -2.10. The molecule has 0 saturated heterocycles. The number of hydrogen-bond acceptors (Lipinski definition) is 6. The summed E-state index contributed by atoms with van der Waals surface area (Å²) in [4.78, 5) is 18.8. The minimum atomic E-state index is -0.513. The zero-order valence-electron chi connectivity index (χ0n) is 11.6. The van der Waals surface area contributed by atoms with Crippen LogP contribution in [0.3, 0.4) is 0 Å². The van der Waals surface area contributed by atoms with E-state index in [1.807, 2.05) is 24.3 Å². The lowest BCUT2D eigenvalue weighted by Crippen LogP contribution is -2.09. The zero-order valence-corrected chi connectivity index (χ0v) is 11.6. The molecular weight excluding hydrogens is 270 g/mol. The maximum Gasteiger partial charge on any atom is 0.294 e. The Kier molecular flexibility index (Phi) is 4.09. The summed E-state index contributed by atoms with van der Waals surface area (Å²) in [6.45, 7) is 3.49. The summed E-state index contributed by atoms with van der Waals surface area (Å²) in [6, 6.07) is 7.47. The third-order valence-electron chi connectivity index (χ3n) is 3.05. The largest absolute Gasteiger partial charge is 0.363 e. The van der Waals surface area contributed by atoms with Crippen LogP contribution in [0.15, 0.2) is 24.4 Å². The highest BCUT2D eigenvalue weighted by Gasteiger charge is 2.22. The van der Waals surface area contributed by atoms with E-state index in [0.29, 0.717) is 17.9 Å². The maximum atomic E-state index is 11.0. The van der Waals surface area contributed by atoms with E-state index in [1.165, 1.54) is 0 Å². The van der Waals surface area contributed by atoms with Crippen LogP contribution in [0.1, 0.15) is 22.5 Å². The predicted molar refractivity (Wildman–Crippen MR) is 76.6 cm³/mol. The van der Waals surface area contributed by atoms with Gasteiger partial charge in [0.05, 0.1) is 22.7 Å². The Morgan fingerprint density at radius 3 is 2.76 bits per heavy atom. The molecule has 0 aliphatic rings. The van der Waals surface area contributed by atoms with Crippen LogP contribution in [0.4, 0.5) is 11.5 Å². The van der Waals surface area contributed by atoms with Gasteiger partial charge < -0.3 is 5.32 Å². The van der Waals surface area contributed by atoms with Crippen molar-refractivity contribution >= 4 is 11.5 Å². The molecule has 2 heterocycles. The van der Waals surface area contributed by atoms with Gasteiger partial charge in [-0.25, -0.2) is 4.98 Å². The van der Waals surface area contributed by atoms with Crippen LogP contribution in [0.2, 0.25) is 0 Å². The molecule has 0 radical (unpaired) electrons. The van der Waals surface area contributed by atoms with Crippen LogP contribution in [0, 0.1) is 35.3 Å². The number of nitriles is 1. The number of aromatic nitrogens is 2. The summed E-state index contributed by atoms with van der Waals surface area (Å²) in [6.07, 6.45) is 1.67. The first-order chi connectivity index (χ1) is 10.0. The summed E-state index contributed by atoms with van der Waals surface area (Å²) >= 11 is 0. The smallest absolute Gasteiger partial charge is 0.294 e. The van der Waals surface area contributed by atoms with Crippen molar-refractivity contribution in [1.82, 2.24) is 9.97 Å². The van der Waals surface area contributed by atoms with E-state index in [4.69, 9.17) is 0 Å². The van der Waals surface area contributed by atoms with E-state index < -0.39 is 4.92 Å². The molecule has 0 aromatic carbocycles. The van der Waals surface area contributed by atoms with Crippen LogP contribution in [-0.2, 0) is 6.54 Å². The molecule has 0 fully saturated rings. The molecule has 2 aromatic heterocycles. The molecular formula is C14H13N5O2. The van der Waals surface area contributed by atoms with Gasteiger partial charge in [0, 0.05) is 6.20 Å². The average Bonchev–Trinajstić information content (AvgIpc) is 2.45. The van der Waals surface area contributed by atoms with E-state index >= 15 is 0 Å². The Bertz CT molecular complexity index is 722. The molecule has 1 N–H and O–H groups in total. The van der Waals surface area contributed by atoms with Crippen molar-refractivity contribution in [3.63, 3.8) is 0 Å². The van der Waals surface area contributed by atoms with Crippen LogP contribution >= 0.6 is 0 Å². The Morgan fingerprint density at radius 1 is 1.43 bits per heavy atom. The summed E-state index contributed by atoms with van der Waals surface area (Å²) in [7, 11) is 0. The fourth-order valence-corrected chi connectivity index (χ4v) is 2.05. The van der Waals surface area contributed by atoms with E-state index in [0.717, 1.165) is 5.69 Å². The van der Waals surface area contributed by atoms with E-state index in [2.05, 4.69) is 15.3 Å². The molecule has 0 atom stereocenters. The molecule has 0 aliphatic heterocycles. The number of anilines is 1. The van der Waals surface area contributed by atoms with Crippen molar-refractivity contribution in [3.8, 4) is 6.07 Å². The number of aryl methyl sites for hydroxylation is 1. The van der Waals surface area contributed by atoms with Gasteiger partial charge in [0.15, 0.2) is 0 Å². The van der Waals surface area contributed by atoms with Gasteiger partial charge in [-0.3, -0.25) is 15.1 Å². The van der Waals surface area contributed by atoms with Crippen LogP contribution < -0.4 is 5.32 Å². The second-order valence-electron chi connectivity index (χ2n) is 4.44. The zero-order chi connectivity index (χ0) is 15.4. The molecule has 0 aliphatic carbocycles. The first kappa shape index (κ1) is 14.4. The van der Waals surface area contributed by atoms with Gasteiger partial charge in [-0.1, -0.05) is 6.07 Å². The van der Waals surface area contributed by atoms with Crippen molar-refractivity contribution in [1.29, 1.82) is 5.26 Å². The number of nitrogens with zero attached hydrogens (tertiary/aromatic N) is 4. The number of nitrogens with one attached hydrogen (secondary N) is 1. The molecule has 0 spiro atoms. The molecule has 0 amide bonds. The van der Waals surface area contributed by atoms with E-state index in [1.54, 1.807) is 20.0 Å². The maximum absolute atomic E-state index is 11.0. The minimum absolute atomic E-state index is 0.116. The minimum Gasteiger partial charge on any atom is -0.363 e. The fourth-order valence-electron chi connectivity index (χ4n) is 2.05. The molecule has 0 saturated carbocycles. The van der Waals surface area contributed by atoms with E-state index in [-0.39, 0.29) is 16.9 Å². The highest BCUT2D eigenvalue weighted by atomic mass is 16.6. The van der Waals surface area contributed by atoms with Gasteiger partial charge in [-0.2, -0.15) is 5.26 Å². The lowest BCUT2D eigenvalue weighted by atomic mass is 10.1. The molecule has 2 rings (SSSR count). The highest BCUT2D eigenvalue weighted by molar-refractivity contribution is 5.63.